The summed E-state index contributed by atoms with van der Waals surface area (Å²) >= 11 is 1.44. The molecule has 4 rings (SSSR count). The molecule has 2 heterocycles. The fourth-order valence-corrected chi connectivity index (χ4v) is 4.81. The van der Waals surface area contributed by atoms with Gasteiger partial charge in [-0.1, -0.05) is 44.2 Å². The molecule has 150 valence electrons. The first kappa shape index (κ1) is 19.8. The zero-order valence-corrected chi connectivity index (χ0v) is 17.7. The number of hydrogen-bond donors (Lipinski definition) is 0. The molecule has 0 spiro atoms. The van der Waals surface area contributed by atoms with E-state index in [0.29, 0.717) is 16.2 Å². The van der Waals surface area contributed by atoms with Crippen molar-refractivity contribution >= 4 is 40.5 Å². The highest BCUT2D eigenvalue weighted by Crippen LogP contribution is 2.38. The summed E-state index contributed by atoms with van der Waals surface area (Å²) in [6.07, 6.45) is 2.40. The van der Waals surface area contributed by atoms with Crippen molar-refractivity contribution in [2.75, 3.05) is 28.6 Å². The molecule has 0 aliphatic carbocycles. The Bertz CT molecular complexity index is 929. The Labute approximate surface area is 176 Å². The summed E-state index contributed by atoms with van der Waals surface area (Å²) in [5.74, 6) is 1.06. The fourth-order valence-electron chi connectivity index (χ4n) is 3.96. The Kier molecular flexibility index (Phi) is 5.76. The third kappa shape index (κ3) is 3.84. The van der Waals surface area contributed by atoms with Crippen molar-refractivity contribution in [2.45, 2.75) is 26.7 Å². The topological polar surface area (TPSA) is 40.6 Å². The number of piperidine rings is 1. The van der Waals surface area contributed by atoms with Crippen molar-refractivity contribution in [2.24, 2.45) is 5.92 Å². The van der Waals surface area contributed by atoms with E-state index in [2.05, 4.69) is 11.8 Å². The van der Waals surface area contributed by atoms with Crippen molar-refractivity contribution in [3.05, 3.63) is 65.1 Å². The number of imide groups is 1. The number of nitrogens with zero attached hydrogens (tertiary/aromatic N) is 2. The maximum atomic E-state index is 13.2. The van der Waals surface area contributed by atoms with E-state index in [-0.39, 0.29) is 11.8 Å². The van der Waals surface area contributed by atoms with Gasteiger partial charge in [-0.15, -0.1) is 11.8 Å². The number of carbonyl (C=O) groups is 2. The molecule has 2 amide bonds. The summed E-state index contributed by atoms with van der Waals surface area (Å²) < 4.78 is 0. The third-order valence-electron chi connectivity index (χ3n) is 5.65. The lowest BCUT2D eigenvalue weighted by Crippen LogP contribution is -2.33. The first-order valence-electron chi connectivity index (χ1n) is 10.3. The molecule has 5 heteroatoms. The van der Waals surface area contributed by atoms with Gasteiger partial charge in [0.2, 0.25) is 0 Å². The average Bonchev–Trinajstić information content (AvgIpc) is 2.99. The first-order chi connectivity index (χ1) is 14.1. The van der Waals surface area contributed by atoms with Gasteiger partial charge >= 0.3 is 0 Å². The van der Waals surface area contributed by atoms with Crippen LogP contribution in [0, 0.1) is 5.92 Å². The van der Waals surface area contributed by atoms with E-state index in [1.807, 2.05) is 61.5 Å². The van der Waals surface area contributed by atoms with Gasteiger partial charge in [-0.05, 0) is 54.3 Å². The molecule has 2 aliphatic rings. The first-order valence-corrected chi connectivity index (χ1v) is 11.2. The van der Waals surface area contributed by atoms with E-state index < -0.39 is 0 Å². The van der Waals surface area contributed by atoms with E-state index >= 15 is 0 Å². The molecule has 0 atom stereocenters. The van der Waals surface area contributed by atoms with Crippen LogP contribution in [-0.2, 0) is 9.59 Å². The van der Waals surface area contributed by atoms with Gasteiger partial charge in [-0.2, -0.15) is 0 Å². The van der Waals surface area contributed by atoms with Crippen LogP contribution >= 0.6 is 11.8 Å². The molecule has 2 aliphatic heterocycles. The summed E-state index contributed by atoms with van der Waals surface area (Å²) in [6, 6.07) is 17.3. The lowest BCUT2D eigenvalue weighted by Gasteiger charge is -2.32. The maximum absolute atomic E-state index is 13.2. The van der Waals surface area contributed by atoms with Crippen LogP contribution in [0.5, 0.6) is 0 Å². The smallest absolute Gasteiger partial charge is 0.272 e. The average molecular weight is 407 g/mol. The van der Waals surface area contributed by atoms with Crippen LogP contribution < -0.4 is 9.80 Å². The van der Waals surface area contributed by atoms with Gasteiger partial charge in [-0.25, -0.2) is 4.90 Å². The number of anilines is 2. The molecule has 2 aromatic carbocycles. The third-order valence-corrected chi connectivity index (χ3v) is 6.61. The molecule has 0 N–H and O–H groups in total. The second-order valence-electron chi connectivity index (χ2n) is 7.63. The van der Waals surface area contributed by atoms with Crippen LogP contribution in [0.4, 0.5) is 11.4 Å². The van der Waals surface area contributed by atoms with Gasteiger partial charge in [0.05, 0.1) is 16.2 Å². The van der Waals surface area contributed by atoms with Gasteiger partial charge in [0, 0.05) is 18.8 Å². The predicted octanol–water partition coefficient (Wildman–Crippen LogP) is 4.96. The van der Waals surface area contributed by atoms with Crippen molar-refractivity contribution < 1.29 is 9.59 Å². The molecular weight excluding hydrogens is 380 g/mol. The van der Waals surface area contributed by atoms with Crippen LogP contribution in [0.15, 0.2) is 59.5 Å². The number of thioether (sulfide) groups is 1. The second kappa shape index (κ2) is 8.46. The predicted molar refractivity (Wildman–Crippen MR) is 121 cm³/mol. The van der Waals surface area contributed by atoms with E-state index in [1.165, 1.54) is 29.5 Å². The normalized spacial score (nSPS) is 18.1. The Morgan fingerprint density at radius 1 is 0.897 bits per heavy atom. The summed E-state index contributed by atoms with van der Waals surface area (Å²) in [4.78, 5) is 30.6. The van der Waals surface area contributed by atoms with Crippen LogP contribution in [0.1, 0.15) is 32.3 Å². The molecule has 4 nitrogen and oxygen atoms in total. The van der Waals surface area contributed by atoms with Crippen molar-refractivity contribution in [1.82, 2.24) is 0 Å². The molecule has 0 bridgehead atoms. The van der Waals surface area contributed by atoms with Crippen molar-refractivity contribution in [3.63, 3.8) is 0 Å². The van der Waals surface area contributed by atoms with Gasteiger partial charge in [0.15, 0.2) is 0 Å². The highest BCUT2D eigenvalue weighted by Gasteiger charge is 2.39. The number of benzene rings is 2. The van der Waals surface area contributed by atoms with E-state index in [9.17, 15) is 9.59 Å². The number of hydrogen-bond acceptors (Lipinski definition) is 4. The minimum Gasteiger partial charge on any atom is -0.372 e. The Morgan fingerprint density at radius 3 is 2.14 bits per heavy atom. The monoisotopic (exact) mass is 406 g/mol. The number of carbonyl (C=O) groups excluding carboxylic acids is 2. The number of rotatable bonds is 5. The Hall–Kier alpha value is -2.53. The second-order valence-corrected chi connectivity index (χ2v) is 8.91. The maximum Gasteiger partial charge on any atom is 0.272 e. The molecule has 2 aromatic rings. The van der Waals surface area contributed by atoms with Crippen LogP contribution in [0.3, 0.4) is 0 Å². The summed E-state index contributed by atoms with van der Waals surface area (Å²) in [5, 5.41) is 0. The van der Waals surface area contributed by atoms with Crippen molar-refractivity contribution in [1.29, 1.82) is 0 Å². The van der Waals surface area contributed by atoms with Crippen LogP contribution in [0.2, 0.25) is 0 Å². The highest BCUT2D eigenvalue weighted by molar-refractivity contribution is 8.04. The van der Waals surface area contributed by atoms with E-state index in [4.69, 9.17) is 0 Å². The molecule has 29 heavy (non-hydrogen) atoms. The van der Waals surface area contributed by atoms with E-state index in [0.717, 1.165) is 36.0 Å². The molecular formula is C24H26N2O2S. The zero-order chi connectivity index (χ0) is 20.4. The quantitative estimate of drug-likeness (QED) is 0.658. The molecule has 0 aromatic heterocycles. The summed E-state index contributed by atoms with van der Waals surface area (Å²) in [6.45, 7) is 6.40. The lowest BCUT2D eigenvalue weighted by molar-refractivity contribution is -0.119. The molecule has 0 unspecified atom stereocenters. The van der Waals surface area contributed by atoms with Crippen LogP contribution in [-0.4, -0.2) is 30.7 Å². The zero-order valence-electron chi connectivity index (χ0n) is 16.9. The lowest BCUT2D eigenvalue weighted by atomic mass is 9.99. The minimum atomic E-state index is -0.239. The highest BCUT2D eigenvalue weighted by atomic mass is 32.2. The Balaban J connectivity index is 1.61. The molecule has 0 saturated carbocycles. The van der Waals surface area contributed by atoms with Gasteiger partial charge in [-0.3, -0.25) is 9.59 Å². The SMILES string of the molecule is CCSC1=C(c2ccccc2)C(=O)N(c2ccc(N3CCC(C)CC3)cc2)C1=O. The van der Waals surface area contributed by atoms with Crippen molar-refractivity contribution in [3.8, 4) is 0 Å². The molecule has 1 saturated heterocycles. The number of amides is 2. The fraction of sp³-hybridized carbons (Fsp3) is 0.333. The van der Waals surface area contributed by atoms with Gasteiger partial charge in [0.25, 0.3) is 11.8 Å². The standard InChI is InChI=1S/C24H26N2O2S/c1-3-29-22-21(18-7-5-4-6-8-18)23(27)26(24(22)28)20-11-9-19(10-12-20)25-15-13-17(2)14-16-25/h4-12,17H,3,13-16H2,1-2H3. The summed E-state index contributed by atoms with van der Waals surface area (Å²) in [5.41, 5.74) is 3.09. The van der Waals surface area contributed by atoms with E-state index in [1.54, 1.807) is 0 Å². The van der Waals surface area contributed by atoms with Gasteiger partial charge < -0.3 is 4.90 Å². The van der Waals surface area contributed by atoms with Crippen LogP contribution in [0.25, 0.3) is 5.57 Å². The molecule has 0 radical (unpaired) electrons. The molecule has 1 fully saturated rings. The largest absolute Gasteiger partial charge is 0.372 e. The minimum absolute atomic E-state index is 0.222. The Morgan fingerprint density at radius 2 is 1.52 bits per heavy atom. The summed E-state index contributed by atoms with van der Waals surface area (Å²) in [7, 11) is 0. The van der Waals surface area contributed by atoms with Gasteiger partial charge in [0.1, 0.15) is 0 Å².